The van der Waals surface area contributed by atoms with E-state index in [1.807, 2.05) is 0 Å². The SMILES string of the molecule is CC1CCCC2(C)CC3OC(=O)C(CN4CCCC(C)(C)C4)C3C=C12. The second-order valence-corrected chi connectivity index (χ2v) is 10.3. The molecule has 0 aromatic heterocycles. The van der Waals surface area contributed by atoms with Gasteiger partial charge in [0.25, 0.3) is 0 Å². The summed E-state index contributed by atoms with van der Waals surface area (Å²) in [6, 6.07) is 0. The molecule has 0 N–H and O–H groups in total. The molecule has 0 radical (unpaired) electrons. The number of nitrogens with zero attached hydrogens (tertiary/aromatic N) is 1. The molecule has 4 aliphatic rings. The van der Waals surface area contributed by atoms with Crippen LogP contribution in [-0.2, 0) is 9.53 Å². The summed E-state index contributed by atoms with van der Waals surface area (Å²) in [6.45, 7) is 12.6. The zero-order valence-corrected chi connectivity index (χ0v) is 16.5. The van der Waals surface area contributed by atoms with Crippen LogP contribution in [-0.4, -0.2) is 36.6 Å². The van der Waals surface area contributed by atoms with Crippen LogP contribution in [0.2, 0.25) is 0 Å². The van der Waals surface area contributed by atoms with E-state index in [0.717, 1.165) is 26.1 Å². The fraction of sp³-hybridized carbons (Fsp3) is 0.864. The highest BCUT2D eigenvalue weighted by molar-refractivity contribution is 5.76. The molecule has 3 nitrogen and oxygen atoms in total. The molecule has 140 valence electrons. The van der Waals surface area contributed by atoms with E-state index in [1.54, 1.807) is 5.57 Å². The smallest absolute Gasteiger partial charge is 0.311 e. The molecular weight excluding hydrogens is 310 g/mol. The van der Waals surface area contributed by atoms with Crippen molar-refractivity contribution >= 4 is 5.97 Å². The van der Waals surface area contributed by atoms with Crippen LogP contribution < -0.4 is 0 Å². The Morgan fingerprint density at radius 2 is 2.04 bits per heavy atom. The Morgan fingerprint density at radius 3 is 2.80 bits per heavy atom. The lowest BCUT2D eigenvalue weighted by atomic mass is 9.59. The van der Waals surface area contributed by atoms with Gasteiger partial charge in [-0.1, -0.05) is 45.8 Å². The Morgan fingerprint density at radius 1 is 1.24 bits per heavy atom. The van der Waals surface area contributed by atoms with Crippen LogP contribution in [0.4, 0.5) is 0 Å². The molecule has 5 atom stereocenters. The van der Waals surface area contributed by atoms with Gasteiger partial charge in [-0.25, -0.2) is 0 Å². The van der Waals surface area contributed by atoms with Crippen molar-refractivity contribution in [3.63, 3.8) is 0 Å². The van der Waals surface area contributed by atoms with Crippen LogP contribution in [0.3, 0.4) is 0 Å². The summed E-state index contributed by atoms with van der Waals surface area (Å²) in [5, 5.41) is 0. The van der Waals surface area contributed by atoms with E-state index in [0.29, 0.717) is 17.3 Å². The van der Waals surface area contributed by atoms with Gasteiger partial charge in [0, 0.05) is 19.0 Å². The van der Waals surface area contributed by atoms with Crippen molar-refractivity contribution < 1.29 is 9.53 Å². The largest absolute Gasteiger partial charge is 0.461 e. The van der Waals surface area contributed by atoms with Gasteiger partial charge >= 0.3 is 5.97 Å². The summed E-state index contributed by atoms with van der Waals surface area (Å²) in [7, 11) is 0. The van der Waals surface area contributed by atoms with E-state index in [9.17, 15) is 4.79 Å². The monoisotopic (exact) mass is 345 g/mol. The number of carbonyl (C=O) groups is 1. The Labute approximate surface area is 153 Å². The predicted molar refractivity (Wildman–Crippen MR) is 100 cm³/mol. The third-order valence-electron chi connectivity index (χ3n) is 7.52. The molecule has 0 aromatic rings. The maximum absolute atomic E-state index is 12.7. The normalized spacial score (nSPS) is 43.8. The molecule has 3 fully saturated rings. The van der Waals surface area contributed by atoms with Gasteiger partial charge in [-0.15, -0.1) is 0 Å². The van der Waals surface area contributed by atoms with Crippen molar-refractivity contribution in [2.45, 2.75) is 72.3 Å². The topological polar surface area (TPSA) is 29.5 Å². The fourth-order valence-electron chi connectivity index (χ4n) is 6.24. The van der Waals surface area contributed by atoms with Gasteiger partial charge in [-0.3, -0.25) is 4.79 Å². The maximum atomic E-state index is 12.7. The highest BCUT2D eigenvalue weighted by Crippen LogP contribution is 2.54. The number of allylic oxidation sites excluding steroid dienone is 1. The first kappa shape index (κ1) is 17.6. The number of rotatable bonds is 2. The zero-order valence-electron chi connectivity index (χ0n) is 16.5. The lowest BCUT2D eigenvalue weighted by Crippen LogP contribution is -2.45. The summed E-state index contributed by atoms with van der Waals surface area (Å²) in [5.41, 5.74) is 2.27. The fourth-order valence-corrected chi connectivity index (χ4v) is 6.24. The first-order valence-electron chi connectivity index (χ1n) is 10.4. The Balaban J connectivity index is 1.55. The van der Waals surface area contributed by atoms with Crippen molar-refractivity contribution in [3.8, 4) is 0 Å². The molecule has 0 aromatic carbocycles. The van der Waals surface area contributed by atoms with Crippen LogP contribution >= 0.6 is 0 Å². The standard InChI is InChI=1S/C22H35NO2/c1-15-7-5-9-22(4)12-19-16(11-18(15)22)17(20(24)25-19)13-23-10-6-8-21(2,3)14-23/h11,15-17,19H,5-10,12-14H2,1-4H3. The lowest BCUT2D eigenvalue weighted by Gasteiger charge is -2.46. The number of carbonyl (C=O) groups excluding carboxylic acids is 1. The molecule has 1 saturated carbocycles. The van der Waals surface area contributed by atoms with Gasteiger partial charge in [0.2, 0.25) is 0 Å². The van der Waals surface area contributed by atoms with E-state index >= 15 is 0 Å². The van der Waals surface area contributed by atoms with Crippen molar-refractivity contribution in [1.82, 2.24) is 4.90 Å². The van der Waals surface area contributed by atoms with Crippen molar-refractivity contribution in [3.05, 3.63) is 11.6 Å². The molecule has 2 aliphatic carbocycles. The maximum Gasteiger partial charge on any atom is 0.311 e. The van der Waals surface area contributed by atoms with Crippen LogP contribution in [0.1, 0.15) is 66.2 Å². The number of hydrogen-bond acceptors (Lipinski definition) is 3. The van der Waals surface area contributed by atoms with E-state index in [2.05, 4.69) is 38.7 Å². The van der Waals surface area contributed by atoms with E-state index in [-0.39, 0.29) is 23.4 Å². The minimum atomic E-state index is 0.0464. The first-order chi connectivity index (χ1) is 11.8. The van der Waals surface area contributed by atoms with Crippen molar-refractivity contribution in [1.29, 1.82) is 0 Å². The summed E-state index contributed by atoms with van der Waals surface area (Å²) in [5.74, 6) is 1.08. The van der Waals surface area contributed by atoms with Crippen LogP contribution in [0.15, 0.2) is 11.6 Å². The second-order valence-electron chi connectivity index (χ2n) is 10.3. The molecule has 0 spiro atoms. The summed E-state index contributed by atoms with van der Waals surface area (Å²) in [4.78, 5) is 15.2. The third-order valence-corrected chi connectivity index (χ3v) is 7.52. The minimum Gasteiger partial charge on any atom is -0.461 e. The molecule has 2 aliphatic heterocycles. The molecule has 4 rings (SSSR count). The summed E-state index contributed by atoms with van der Waals surface area (Å²) in [6.07, 6.45) is 10.1. The van der Waals surface area contributed by atoms with Gasteiger partial charge in [-0.05, 0) is 55.4 Å². The van der Waals surface area contributed by atoms with Gasteiger partial charge < -0.3 is 9.64 Å². The number of ether oxygens (including phenoxy) is 1. The predicted octanol–water partition coefficient (Wildman–Crippen LogP) is 4.42. The minimum absolute atomic E-state index is 0.0464. The molecular formula is C22H35NO2. The first-order valence-corrected chi connectivity index (χ1v) is 10.4. The van der Waals surface area contributed by atoms with E-state index in [1.165, 1.54) is 32.1 Å². The van der Waals surface area contributed by atoms with Crippen LogP contribution in [0.25, 0.3) is 0 Å². The van der Waals surface area contributed by atoms with Gasteiger partial charge in [0.05, 0.1) is 5.92 Å². The zero-order chi connectivity index (χ0) is 17.8. The molecule has 25 heavy (non-hydrogen) atoms. The van der Waals surface area contributed by atoms with Crippen molar-refractivity contribution in [2.75, 3.05) is 19.6 Å². The molecule has 5 unspecified atom stereocenters. The highest BCUT2D eigenvalue weighted by atomic mass is 16.6. The number of esters is 1. The average Bonchev–Trinajstić information content (AvgIpc) is 2.79. The Hall–Kier alpha value is -0.830. The second kappa shape index (κ2) is 6.11. The van der Waals surface area contributed by atoms with Crippen LogP contribution in [0.5, 0.6) is 0 Å². The number of piperidine rings is 1. The lowest BCUT2D eigenvalue weighted by molar-refractivity contribution is -0.145. The summed E-state index contributed by atoms with van der Waals surface area (Å²) >= 11 is 0. The Bertz CT molecular complexity index is 581. The van der Waals surface area contributed by atoms with E-state index in [4.69, 9.17) is 4.74 Å². The van der Waals surface area contributed by atoms with Crippen molar-refractivity contribution in [2.24, 2.45) is 28.6 Å². The molecule has 3 heteroatoms. The molecule has 0 bridgehead atoms. The Kier molecular flexibility index (Phi) is 4.30. The number of fused-ring (bicyclic) bond motifs is 2. The number of hydrogen-bond donors (Lipinski definition) is 0. The number of likely N-dealkylation sites (tertiary alicyclic amines) is 1. The average molecular weight is 346 g/mol. The van der Waals surface area contributed by atoms with Gasteiger partial charge in [-0.2, -0.15) is 0 Å². The highest BCUT2D eigenvalue weighted by Gasteiger charge is 2.52. The third kappa shape index (κ3) is 3.18. The summed E-state index contributed by atoms with van der Waals surface area (Å²) < 4.78 is 5.91. The molecule has 2 heterocycles. The van der Waals surface area contributed by atoms with Gasteiger partial charge in [0.15, 0.2) is 0 Å². The molecule has 2 saturated heterocycles. The van der Waals surface area contributed by atoms with E-state index < -0.39 is 0 Å². The van der Waals surface area contributed by atoms with Crippen LogP contribution in [0, 0.1) is 28.6 Å². The molecule has 0 amide bonds. The van der Waals surface area contributed by atoms with Gasteiger partial charge in [0.1, 0.15) is 6.10 Å². The quantitative estimate of drug-likeness (QED) is 0.548.